The molecule has 78 heavy (non-hydrogen) atoms. The predicted molar refractivity (Wildman–Crippen MR) is 290 cm³/mol. The van der Waals surface area contributed by atoms with Gasteiger partial charge in [0.2, 0.25) is 11.8 Å². The Labute approximate surface area is 452 Å². The van der Waals surface area contributed by atoms with Crippen molar-refractivity contribution in [1.29, 1.82) is 0 Å². The van der Waals surface area contributed by atoms with E-state index in [9.17, 15) is 24.6 Å². The van der Waals surface area contributed by atoms with Gasteiger partial charge in [0, 0.05) is 69.4 Å². The number of rotatable bonds is 12. The van der Waals surface area contributed by atoms with Gasteiger partial charge in [-0.25, -0.2) is 13.6 Å². The van der Waals surface area contributed by atoms with Crippen molar-refractivity contribution in [2.75, 3.05) is 70.5 Å². The van der Waals surface area contributed by atoms with Gasteiger partial charge in [0.25, 0.3) is 0 Å². The van der Waals surface area contributed by atoms with E-state index in [1.807, 2.05) is 28.5 Å². The minimum atomic E-state index is -0.998. The quantitative estimate of drug-likeness (QED) is 0.0993. The fourth-order valence-electron chi connectivity index (χ4n) is 14.1. The summed E-state index contributed by atoms with van der Waals surface area (Å²) in [4.78, 5) is 61.0. The molecule has 0 radical (unpaired) electrons. The van der Waals surface area contributed by atoms with Gasteiger partial charge in [-0.3, -0.25) is 29.5 Å². The van der Waals surface area contributed by atoms with E-state index in [-0.39, 0.29) is 77.8 Å². The number of fused-ring (bicyclic) bond motifs is 4. The summed E-state index contributed by atoms with van der Waals surface area (Å²) >= 11 is 0. The molecule has 12 rings (SSSR count). The summed E-state index contributed by atoms with van der Waals surface area (Å²) in [5, 5.41) is 31.5. The van der Waals surface area contributed by atoms with Crippen LogP contribution in [0, 0.1) is 17.6 Å². The number of carbonyl (C=O) groups excluding carboxylic acids is 3. The smallest absolute Gasteiger partial charge is 0.409 e. The molecule has 6 saturated heterocycles. The Kier molecular flexibility index (Phi) is 14.0. The highest BCUT2D eigenvalue weighted by Gasteiger charge is 2.50. The highest BCUT2D eigenvalue weighted by Crippen LogP contribution is 2.44. The highest BCUT2D eigenvalue weighted by molar-refractivity contribution is 6.03. The van der Waals surface area contributed by atoms with Crippen LogP contribution in [0.1, 0.15) is 120 Å². The summed E-state index contributed by atoms with van der Waals surface area (Å²) in [6.07, 6.45) is 11.1. The summed E-state index contributed by atoms with van der Waals surface area (Å²) in [7, 11) is 1.92. The number of likely N-dealkylation sites (tertiary alicyclic amines) is 2. The van der Waals surface area contributed by atoms with Gasteiger partial charge in [0.15, 0.2) is 5.82 Å². The number of phenolic OH excluding ortho intramolecular Hbond substituents is 1. The normalized spacial score (nSPS) is 24.9. The fourth-order valence-corrected chi connectivity index (χ4v) is 14.1. The maximum absolute atomic E-state index is 17.3. The summed E-state index contributed by atoms with van der Waals surface area (Å²) in [6.45, 7) is 10.2. The number of ether oxygens (including phenoxy) is 2. The molecule has 6 aliphatic rings. The summed E-state index contributed by atoms with van der Waals surface area (Å²) in [5.74, 6) is -0.856. The van der Waals surface area contributed by atoms with Gasteiger partial charge in [-0.05, 0) is 162 Å². The maximum Gasteiger partial charge on any atom is 0.409 e. The SMILES string of the molecule is CCc1c(F)ccc2cc(O)cc(-c3ncc4c(N5CCC[C@@](C)(O)C5)nc(OCC56CCCN5[C@@H](COC(=O)N5CCC(CN7CCC(c8ccc9c(C%10CCC(=O)NC%10=O)nn(C)c9c8)CC7)CC5)CC6)nc4c3F)c12. The molecule has 6 aliphatic heterocycles. The van der Waals surface area contributed by atoms with Crippen LogP contribution in [0.15, 0.2) is 48.7 Å². The van der Waals surface area contributed by atoms with Crippen LogP contribution in [0.2, 0.25) is 0 Å². The molecule has 3 aromatic heterocycles. The van der Waals surface area contributed by atoms with Crippen LogP contribution in [0.3, 0.4) is 0 Å². The van der Waals surface area contributed by atoms with E-state index >= 15 is 8.78 Å². The zero-order valence-electron chi connectivity index (χ0n) is 44.9. The summed E-state index contributed by atoms with van der Waals surface area (Å²) in [6, 6.07) is 12.4. The monoisotopic (exact) mass is 1070 g/mol. The minimum absolute atomic E-state index is 0.00705. The van der Waals surface area contributed by atoms with Crippen molar-refractivity contribution in [2.24, 2.45) is 13.0 Å². The average molecular weight is 1070 g/mol. The molecule has 0 bridgehead atoms. The second kappa shape index (κ2) is 20.9. The number of carbonyl (C=O) groups is 3. The third-order valence-electron chi connectivity index (χ3n) is 18.2. The molecule has 2 unspecified atom stereocenters. The Hall–Kier alpha value is -6.57. The summed E-state index contributed by atoms with van der Waals surface area (Å²) in [5.41, 5.74) is 2.22. The highest BCUT2D eigenvalue weighted by atomic mass is 19.1. The van der Waals surface area contributed by atoms with Gasteiger partial charge < -0.3 is 34.4 Å². The lowest BCUT2D eigenvalue weighted by molar-refractivity contribution is -0.134. The lowest BCUT2D eigenvalue weighted by Crippen LogP contribution is -2.49. The van der Waals surface area contributed by atoms with Crippen LogP contribution in [0.4, 0.5) is 19.4 Å². The van der Waals surface area contributed by atoms with Crippen LogP contribution in [-0.4, -0.2) is 150 Å². The third kappa shape index (κ3) is 9.88. The van der Waals surface area contributed by atoms with Crippen molar-refractivity contribution >= 4 is 56.3 Å². The zero-order chi connectivity index (χ0) is 54.0. The first-order valence-electron chi connectivity index (χ1n) is 28.3. The molecule has 3 amide bonds. The van der Waals surface area contributed by atoms with E-state index in [1.54, 1.807) is 13.0 Å². The Morgan fingerprint density at radius 3 is 2.50 bits per heavy atom. The molecule has 6 aromatic rings. The molecular formula is C59H70F2N10O7. The summed E-state index contributed by atoms with van der Waals surface area (Å²) < 4.78 is 47.0. The number of anilines is 1. The van der Waals surface area contributed by atoms with E-state index in [2.05, 4.69) is 38.3 Å². The first kappa shape index (κ1) is 52.1. The number of benzene rings is 3. The number of phenols is 1. The number of aromatic hydroxyl groups is 1. The maximum atomic E-state index is 17.3. The molecule has 17 nitrogen and oxygen atoms in total. The van der Waals surface area contributed by atoms with Crippen molar-refractivity contribution in [3.05, 3.63) is 77.1 Å². The molecule has 0 spiro atoms. The number of hydrogen-bond acceptors (Lipinski definition) is 14. The Morgan fingerprint density at radius 1 is 0.910 bits per heavy atom. The van der Waals surface area contributed by atoms with Crippen molar-refractivity contribution in [3.8, 4) is 23.0 Å². The van der Waals surface area contributed by atoms with Crippen LogP contribution in [0.25, 0.3) is 43.8 Å². The predicted octanol–water partition coefficient (Wildman–Crippen LogP) is 8.25. The molecule has 0 aliphatic carbocycles. The van der Waals surface area contributed by atoms with Gasteiger partial charge in [0.1, 0.15) is 41.8 Å². The van der Waals surface area contributed by atoms with Crippen LogP contribution < -0.4 is 15.0 Å². The molecule has 412 valence electrons. The Balaban J connectivity index is 0.663. The number of nitrogens with one attached hydrogen (secondary N) is 1. The largest absolute Gasteiger partial charge is 0.508 e. The average Bonchev–Trinajstić information content (AvgIpc) is 4.22. The molecule has 3 aromatic carbocycles. The zero-order valence-corrected chi connectivity index (χ0v) is 44.9. The lowest BCUT2D eigenvalue weighted by Gasteiger charge is -2.38. The van der Waals surface area contributed by atoms with Crippen molar-refractivity contribution in [3.63, 3.8) is 0 Å². The van der Waals surface area contributed by atoms with Crippen LogP contribution in [0.5, 0.6) is 11.8 Å². The van der Waals surface area contributed by atoms with E-state index in [1.165, 1.54) is 30.0 Å². The number of aliphatic hydroxyl groups is 1. The van der Waals surface area contributed by atoms with Gasteiger partial charge in [0.05, 0.1) is 33.7 Å². The number of aromatic nitrogens is 5. The number of β-amino-alcohol motifs (C(OH)–C–C–N with tert-alkyl or cyclic N) is 1. The Morgan fingerprint density at radius 2 is 1.72 bits per heavy atom. The van der Waals surface area contributed by atoms with Crippen LogP contribution >= 0.6 is 0 Å². The molecule has 0 saturated carbocycles. The van der Waals surface area contributed by atoms with Crippen molar-refractivity contribution < 1.29 is 42.9 Å². The minimum Gasteiger partial charge on any atom is -0.508 e. The van der Waals surface area contributed by atoms with Crippen molar-refractivity contribution in [1.82, 2.24) is 44.7 Å². The molecule has 6 fully saturated rings. The van der Waals surface area contributed by atoms with E-state index in [0.29, 0.717) is 91.1 Å². The van der Waals surface area contributed by atoms with E-state index in [4.69, 9.17) is 24.5 Å². The molecule has 3 N–H and O–H groups in total. The number of pyridine rings is 1. The number of piperidine rings is 4. The number of imide groups is 1. The fraction of sp³-hybridized carbons (Fsp3) is 0.542. The molecule has 19 heteroatoms. The third-order valence-corrected chi connectivity index (χ3v) is 18.2. The van der Waals surface area contributed by atoms with E-state index in [0.717, 1.165) is 94.1 Å². The van der Waals surface area contributed by atoms with Gasteiger partial charge in [-0.1, -0.05) is 25.1 Å². The van der Waals surface area contributed by atoms with Gasteiger partial charge >= 0.3 is 12.1 Å². The second-order valence-corrected chi connectivity index (χ2v) is 23.4. The van der Waals surface area contributed by atoms with Gasteiger partial charge in [-0.15, -0.1) is 0 Å². The first-order chi connectivity index (χ1) is 37.6. The molecule has 9 heterocycles. The topological polar surface area (TPSA) is 192 Å². The number of nitrogens with zero attached hydrogens (tertiary/aromatic N) is 9. The number of halogens is 2. The second-order valence-electron chi connectivity index (χ2n) is 23.4. The van der Waals surface area contributed by atoms with Gasteiger partial charge in [-0.2, -0.15) is 15.1 Å². The first-order valence-corrected chi connectivity index (χ1v) is 28.3. The van der Waals surface area contributed by atoms with E-state index < -0.39 is 23.2 Å². The number of hydrogen-bond donors (Lipinski definition) is 3. The number of amides is 3. The van der Waals surface area contributed by atoms with Crippen LogP contribution in [-0.2, 0) is 27.8 Å². The lowest BCUT2D eigenvalue weighted by atomic mass is 9.87. The molecule has 4 atom stereocenters. The standard InChI is InChI=1S/C59H70F2N10O7/c1-4-41-46(60)11-8-38-27-40(72)29-44(49(38)41)52-50(61)53-45(30-62-52)54(70-21-5-18-58(2,76)33-70)65-56(64-53)78-34-59-19-6-22-71(59)39(13-20-59)32-77-57(75)69-25-14-35(15-26-69)31-68-23-16-36(17-24-68)37-7-9-42-47(28-37)67(3)66-51(42)43-10-12-48(73)63-55(43)74/h7-9,11,27-30,35-36,39,43,72,76H,4-6,10,12-26,31-34H2,1-3H3,(H,63,73,74)/t39-,43?,58-,59?/m1/s1. The molecular weight excluding hydrogens is 999 g/mol. The number of aryl methyl sites for hydroxylation is 2. The Bertz CT molecular complexity index is 3320. The van der Waals surface area contributed by atoms with Crippen molar-refractivity contribution in [2.45, 2.75) is 126 Å².